The van der Waals surface area contributed by atoms with Gasteiger partial charge in [-0.25, -0.2) is 0 Å². The molecule has 0 amide bonds. The van der Waals surface area contributed by atoms with E-state index < -0.39 is 8.32 Å². The van der Waals surface area contributed by atoms with Crippen molar-refractivity contribution in [3.8, 4) is 5.75 Å². The van der Waals surface area contributed by atoms with Gasteiger partial charge in [-0.2, -0.15) is 5.06 Å². The lowest BCUT2D eigenvalue weighted by atomic mass is 9.92. The van der Waals surface area contributed by atoms with Crippen LogP contribution in [0.3, 0.4) is 0 Å². The Bertz CT molecular complexity index is 813. The molecule has 0 aliphatic carbocycles. The summed E-state index contributed by atoms with van der Waals surface area (Å²) in [4.78, 5) is 6.44. The largest absolute Gasteiger partial charge is 0.495 e. The van der Waals surface area contributed by atoms with E-state index in [-0.39, 0.29) is 29.2 Å². The molecular weight excluding hydrogens is 486 g/mol. The molecule has 5 nitrogen and oxygen atoms in total. The van der Waals surface area contributed by atoms with Gasteiger partial charge in [-0.05, 0) is 53.1 Å². The predicted octanol–water partition coefficient (Wildman–Crippen LogP) is 6.17. The van der Waals surface area contributed by atoms with Crippen LogP contribution >= 0.6 is 27.5 Å². The molecule has 0 spiro atoms. The third-order valence-electron chi connectivity index (χ3n) is 6.67. The van der Waals surface area contributed by atoms with Gasteiger partial charge < -0.3 is 13.9 Å². The number of hydrogen-bond acceptors (Lipinski definition) is 5. The fourth-order valence-corrected chi connectivity index (χ4v) is 5.67. The number of benzene rings is 1. The Morgan fingerprint density at radius 2 is 1.97 bits per heavy atom. The van der Waals surface area contributed by atoms with Gasteiger partial charge in [0.1, 0.15) is 29.8 Å². The molecule has 0 unspecified atom stereocenters. The van der Waals surface area contributed by atoms with E-state index in [1.807, 2.05) is 17.2 Å². The Balaban J connectivity index is 1.84. The Labute approximate surface area is 194 Å². The molecule has 2 heterocycles. The van der Waals surface area contributed by atoms with Gasteiger partial charge in [-0.15, -0.1) is 0 Å². The van der Waals surface area contributed by atoms with E-state index >= 15 is 0 Å². The standard InChI is InChI=1S/C22H33BrClNO4Si/c1-13-19-18(12-27-30(7,8)22(3,4)5)29-25(20(19)14(2)28-13)11-15-17(24)10-9-16(23)21(15)26-6/h9-10,13,18-20H,2,11-12H2,1,3-8H3/t13-,18-,19+,20+/m0/s1. The summed E-state index contributed by atoms with van der Waals surface area (Å²) in [5, 5.41) is 2.71. The fourth-order valence-electron chi connectivity index (χ4n) is 3.91. The minimum Gasteiger partial charge on any atom is -0.495 e. The third kappa shape index (κ3) is 4.47. The van der Waals surface area contributed by atoms with E-state index in [0.717, 1.165) is 15.8 Å². The second-order valence-electron chi connectivity index (χ2n) is 9.64. The number of ether oxygens (including phenoxy) is 2. The maximum absolute atomic E-state index is 6.52. The van der Waals surface area contributed by atoms with Crippen molar-refractivity contribution in [2.45, 2.75) is 70.6 Å². The van der Waals surface area contributed by atoms with E-state index in [2.05, 4.69) is 63.3 Å². The quantitative estimate of drug-likeness (QED) is 0.421. The third-order valence-corrected chi connectivity index (χ3v) is 12.2. The Morgan fingerprint density at radius 1 is 1.30 bits per heavy atom. The highest BCUT2D eigenvalue weighted by Crippen LogP contribution is 2.45. The van der Waals surface area contributed by atoms with Gasteiger partial charge >= 0.3 is 0 Å². The normalized spacial score (nSPS) is 27.3. The molecule has 0 radical (unpaired) electrons. The van der Waals surface area contributed by atoms with Crippen LogP contribution in [-0.2, 0) is 20.5 Å². The SMILES string of the molecule is C=C1O[C@@H](C)[C@@H]2[C@H](CO[Si](C)(C)C(C)(C)C)ON(Cc3c(Cl)ccc(Br)c3OC)[C@H]12. The van der Waals surface area contributed by atoms with Crippen LogP contribution in [-0.4, -0.2) is 45.3 Å². The maximum Gasteiger partial charge on any atom is 0.192 e. The molecule has 2 aliphatic rings. The van der Waals surface area contributed by atoms with Crippen LogP contribution in [0, 0.1) is 5.92 Å². The summed E-state index contributed by atoms with van der Waals surface area (Å²) in [6.45, 7) is 18.5. The summed E-state index contributed by atoms with van der Waals surface area (Å²) in [5.74, 6) is 1.59. The average molecular weight is 519 g/mol. The van der Waals surface area contributed by atoms with Crippen molar-refractivity contribution in [1.82, 2.24) is 5.06 Å². The van der Waals surface area contributed by atoms with Crippen molar-refractivity contribution in [3.63, 3.8) is 0 Å². The number of rotatable bonds is 6. The first-order valence-electron chi connectivity index (χ1n) is 10.3. The first kappa shape index (κ1) is 24.1. The molecule has 2 fully saturated rings. The summed E-state index contributed by atoms with van der Waals surface area (Å²) >= 11 is 10.1. The second-order valence-corrected chi connectivity index (χ2v) is 15.7. The van der Waals surface area contributed by atoms with Gasteiger partial charge in [0.05, 0.1) is 30.7 Å². The van der Waals surface area contributed by atoms with E-state index in [1.54, 1.807) is 7.11 Å². The molecule has 1 aromatic rings. The molecule has 1 aromatic carbocycles. The zero-order chi connectivity index (χ0) is 22.4. The summed E-state index contributed by atoms with van der Waals surface area (Å²) in [6, 6.07) is 3.69. The number of hydrogen-bond donors (Lipinski definition) is 0. The number of fused-ring (bicyclic) bond motifs is 1. The molecule has 168 valence electrons. The van der Waals surface area contributed by atoms with E-state index in [1.165, 1.54) is 0 Å². The van der Waals surface area contributed by atoms with Gasteiger partial charge in [0.2, 0.25) is 0 Å². The summed E-state index contributed by atoms with van der Waals surface area (Å²) in [6.07, 6.45) is -0.0873. The van der Waals surface area contributed by atoms with Gasteiger partial charge in [0.25, 0.3) is 0 Å². The van der Waals surface area contributed by atoms with Crippen LogP contribution in [0.25, 0.3) is 0 Å². The highest BCUT2D eigenvalue weighted by Gasteiger charge is 2.54. The number of nitrogens with zero attached hydrogens (tertiary/aromatic N) is 1. The van der Waals surface area contributed by atoms with Crippen molar-refractivity contribution in [1.29, 1.82) is 0 Å². The van der Waals surface area contributed by atoms with Gasteiger partial charge in [0, 0.05) is 10.6 Å². The molecule has 0 aromatic heterocycles. The van der Waals surface area contributed by atoms with Crippen LogP contribution in [0.5, 0.6) is 5.75 Å². The molecule has 0 saturated carbocycles. The summed E-state index contributed by atoms with van der Waals surface area (Å²) in [7, 11) is -0.250. The lowest BCUT2D eigenvalue weighted by molar-refractivity contribution is -0.181. The van der Waals surface area contributed by atoms with E-state index in [4.69, 9.17) is 30.3 Å². The minimum absolute atomic E-state index is 0.0143. The van der Waals surface area contributed by atoms with Crippen LogP contribution in [0.1, 0.15) is 33.3 Å². The Hall–Kier alpha value is -0.573. The second kappa shape index (κ2) is 8.75. The Morgan fingerprint density at radius 3 is 2.57 bits per heavy atom. The molecule has 0 N–H and O–H groups in total. The number of hydroxylamine groups is 2. The smallest absolute Gasteiger partial charge is 0.192 e. The monoisotopic (exact) mass is 517 g/mol. The molecule has 4 atom stereocenters. The van der Waals surface area contributed by atoms with Crippen molar-refractivity contribution in [2.24, 2.45) is 5.92 Å². The summed E-state index contributed by atoms with van der Waals surface area (Å²) in [5.41, 5.74) is 0.866. The van der Waals surface area contributed by atoms with E-state index in [0.29, 0.717) is 23.9 Å². The van der Waals surface area contributed by atoms with E-state index in [9.17, 15) is 0 Å². The predicted molar refractivity (Wildman–Crippen MR) is 126 cm³/mol. The first-order valence-corrected chi connectivity index (χ1v) is 14.4. The molecule has 30 heavy (non-hydrogen) atoms. The minimum atomic E-state index is -1.89. The molecule has 0 bridgehead atoms. The zero-order valence-electron chi connectivity index (χ0n) is 18.9. The van der Waals surface area contributed by atoms with Crippen molar-refractivity contribution in [3.05, 3.63) is 39.5 Å². The Kier molecular flexibility index (Phi) is 7.02. The topological polar surface area (TPSA) is 40.2 Å². The lowest BCUT2D eigenvalue weighted by Gasteiger charge is -2.37. The van der Waals surface area contributed by atoms with Crippen molar-refractivity contribution in [2.75, 3.05) is 13.7 Å². The van der Waals surface area contributed by atoms with Crippen molar-refractivity contribution >= 4 is 35.8 Å². The number of halogens is 2. The highest BCUT2D eigenvalue weighted by molar-refractivity contribution is 9.10. The fraction of sp³-hybridized carbons (Fsp3) is 0.636. The van der Waals surface area contributed by atoms with Crippen LogP contribution < -0.4 is 4.74 Å². The van der Waals surface area contributed by atoms with Crippen LogP contribution in [0.4, 0.5) is 0 Å². The van der Waals surface area contributed by atoms with Gasteiger partial charge in [-0.3, -0.25) is 4.84 Å². The van der Waals surface area contributed by atoms with Crippen LogP contribution in [0.15, 0.2) is 28.9 Å². The van der Waals surface area contributed by atoms with Gasteiger partial charge in [-0.1, -0.05) is 39.0 Å². The molecular formula is C22H33BrClNO4Si. The van der Waals surface area contributed by atoms with Gasteiger partial charge in [0.15, 0.2) is 8.32 Å². The van der Waals surface area contributed by atoms with Crippen molar-refractivity contribution < 1.29 is 18.7 Å². The first-order chi connectivity index (χ1) is 13.9. The zero-order valence-corrected chi connectivity index (χ0v) is 22.3. The molecule has 3 rings (SSSR count). The molecule has 2 aliphatic heterocycles. The lowest BCUT2D eigenvalue weighted by Crippen LogP contribution is -2.44. The maximum atomic E-state index is 6.52. The highest BCUT2D eigenvalue weighted by atomic mass is 79.9. The molecule has 8 heteroatoms. The van der Waals surface area contributed by atoms with Crippen LogP contribution in [0.2, 0.25) is 23.2 Å². The number of methoxy groups -OCH3 is 1. The average Bonchev–Trinajstić information content (AvgIpc) is 3.14. The molecule has 2 saturated heterocycles. The summed E-state index contributed by atoms with van der Waals surface area (Å²) < 4.78 is 19.0.